The van der Waals surface area contributed by atoms with Crippen molar-refractivity contribution in [3.63, 3.8) is 0 Å². The molecule has 2 nitrogen and oxygen atoms in total. The van der Waals surface area contributed by atoms with Crippen LogP contribution in [0.15, 0.2) is 78.9 Å². The number of hydrogen-bond donors (Lipinski definition) is 0. The van der Waals surface area contributed by atoms with Gasteiger partial charge in [0.25, 0.3) is 0 Å². The number of rotatable bonds is 7. The van der Waals surface area contributed by atoms with Gasteiger partial charge in [-0.15, -0.1) is 0 Å². The van der Waals surface area contributed by atoms with E-state index in [1.165, 1.54) is 27.8 Å². The molecule has 188 valence electrons. The summed E-state index contributed by atoms with van der Waals surface area (Å²) in [4.78, 5) is 0. The zero-order valence-electron chi connectivity index (χ0n) is 21.6. The second-order valence-corrected chi connectivity index (χ2v) is 37.5. The Morgan fingerprint density at radius 1 is 0.750 bits per heavy atom. The molecule has 36 heavy (non-hydrogen) atoms. The van der Waals surface area contributed by atoms with Gasteiger partial charge in [0, 0.05) is 0 Å². The van der Waals surface area contributed by atoms with Gasteiger partial charge in [-0.1, -0.05) is 0 Å². The van der Waals surface area contributed by atoms with Crippen LogP contribution in [0.2, 0.25) is 19.6 Å². The molecule has 0 saturated heterocycles. The number of benzene rings is 3. The van der Waals surface area contributed by atoms with Crippen LogP contribution in [0.1, 0.15) is 43.4 Å². The predicted molar refractivity (Wildman–Crippen MR) is 154 cm³/mol. The maximum absolute atomic E-state index is 8.13. The molecule has 0 aliphatic heterocycles. The Kier molecular flexibility index (Phi) is 6.93. The van der Waals surface area contributed by atoms with Crippen LogP contribution in [0.5, 0.6) is 0 Å². The Labute approximate surface area is 224 Å². The summed E-state index contributed by atoms with van der Waals surface area (Å²) in [6, 6.07) is 25.7. The molecule has 0 radical (unpaired) electrons. The normalized spacial score (nSPS) is 17.3. The molecule has 0 bridgehead atoms. The van der Waals surface area contributed by atoms with Crippen molar-refractivity contribution in [3.8, 4) is 11.1 Å². The Bertz CT molecular complexity index is 1380. The van der Waals surface area contributed by atoms with E-state index in [0.29, 0.717) is 13.2 Å². The number of ether oxygens (including phenoxy) is 1. The van der Waals surface area contributed by atoms with Crippen LogP contribution in [-0.4, -0.2) is 24.7 Å². The molecule has 5 rings (SSSR count). The molecule has 3 aromatic carbocycles. The molecule has 0 aromatic heterocycles. The molecule has 2 aliphatic rings. The first kappa shape index (κ1) is 26.3. The van der Waals surface area contributed by atoms with E-state index >= 15 is 0 Å². The third kappa shape index (κ3) is 4.28. The zero-order valence-corrected chi connectivity index (χ0v) is 26.6. The Balaban J connectivity index is 1.65. The van der Waals surface area contributed by atoms with E-state index in [1.54, 1.807) is 0 Å². The van der Waals surface area contributed by atoms with Gasteiger partial charge >= 0.3 is 226 Å². The summed E-state index contributed by atoms with van der Waals surface area (Å²) in [6.45, 7) is 12.0. The number of allylic oxidation sites excluding steroid dienone is 1. The molecular weight excluding hydrogens is 583 g/mol. The Morgan fingerprint density at radius 3 is 1.78 bits per heavy atom. The van der Waals surface area contributed by atoms with Crippen LogP contribution < -0.4 is 0 Å². The van der Waals surface area contributed by atoms with E-state index in [2.05, 4.69) is 112 Å². The second-order valence-electron chi connectivity index (χ2n) is 11.2. The summed E-state index contributed by atoms with van der Waals surface area (Å²) in [6.07, 6.45) is 2.22. The van der Waals surface area contributed by atoms with Gasteiger partial charge in [-0.2, -0.15) is 0 Å². The van der Waals surface area contributed by atoms with E-state index < -0.39 is 24.2 Å². The van der Waals surface area contributed by atoms with Gasteiger partial charge in [-0.3, -0.25) is 0 Å². The zero-order chi connectivity index (χ0) is 25.7. The third-order valence-corrected chi connectivity index (χ3v) is 31.4. The third-order valence-electron chi connectivity index (χ3n) is 7.64. The second kappa shape index (κ2) is 9.47. The first-order valence-corrected chi connectivity index (χ1v) is 26.5. The summed E-state index contributed by atoms with van der Waals surface area (Å²) >= 11 is -4.88. The van der Waals surface area contributed by atoms with Gasteiger partial charge in [-0.25, -0.2) is 0 Å². The van der Waals surface area contributed by atoms with Crippen LogP contribution in [0, 0.1) is 0 Å². The molecule has 0 amide bonds. The number of halogens is 2. The van der Waals surface area contributed by atoms with Gasteiger partial charge in [0.1, 0.15) is 0 Å². The molecule has 6 heteroatoms. The molecule has 1 atom stereocenters. The van der Waals surface area contributed by atoms with Crippen LogP contribution in [0.4, 0.5) is 0 Å². The average Bonchev–Trinajstić information content (AvgIpc) is 3.39. The van der Waals surface area contributed by atoms with Crippen LogP contribution in [0.25, 0.3) is 16.9 Å². The summed E-state index contributed by atoms with van der Waals surface area (Å²) in [7, 11) is 14.7. The molecular formula is C30H34Cl2O2SiZr. The van der Waals surface area contributed by atoms with Crippen molar-refractivity contribution in [3.05, 3.63) is 101 Å². The monoisotopic (exact) mass is 614 g/mol. The molecule has 0 fully saturated rings. The molecule has 0 heterocycles. The van der Waals surface area contributed by atoms with Gasteiger partial charge in [0.05, 0.1) is 0 Å². The van der Waals surface area contributed by atoms with Crippen LogP contribution in [-0.2, 0) is 25.1 Å². The van der Waals surface area contributed by atoms with Crippen LogP contribution >= 0.6 is 17.0 Å². The van der Waals surface area contributed by atoms with Crippen LogP contribution in [0.3, 0.4) is 0 Å². The van der Waals surface area contributed by atoms with Crippen molar-refractivity contribution in [2.75, 3.05) is 13.2 Å². The molecule has 0 N–H and O–H groups in total. The van der Waals surface area contributed by atoms with E-state index in [9.17, 15) is 0 Å². The van der Waals surface area contributed by atoms with Gasteiger partial charge in [0.2, 0.25) is 0 Å². The first-order chi connectivity index (χ1) is 17.0. The van der Waals surface area contributed by atoms with Crippen molar-refractivity contribution in [1.82, 2.24) is 0 Å². The number of hydrogen-bond acceptors (Lipinski definition) is 2. The fraction of sp³-hybridized carbons (Fsp3) is 0.300. The van der Waals surface area contributed by atoms with E-state index in [0.717, 1.165) is 14.5 Å². The molecule has 0 saturated carbocycles. The summed E-state index contributed by atoms with van der Waals surface area (Å²) in [5, 5.41) is 0. The maximum atomic E-state index is 8.13. The Hall–Kier alpha value is -1.29. The van der Waals surface area contributed by atoms with Crippen molar-refractivity contribution in [2.45, 2.75) is 40.7 Å². The Morgan fingerprint density at radius 2 is 1.25 bits per heavy atom. The first-order valence-electron chi connectivity index (χ1n) is 12.7. The van der Waals surface area contributed by atoms with Gasteiger partial charge in [-0.05, 0) is 0 Å². The molecule has 0 spiro atoms. The fourth-order valence-electron chi connectivity index (χ4n) is 5.89. The SMILES string of the molecule is C[C](C)=[Zr]([Cl])([Cl])([CH]1C=C(OCCO[Si](C)(C)C)c2ccccc21)[CH]1c2ccccc2-c2ccccc21. The topological polar surface area (TPSA) is 18.5 Å². The number of fused-ring (bicyclic) bond motifs is 4. The van der Waals surface area contributed by atoms with Gasteiger partial charge in [0.15, 0.2) is 0 Å². The quantitative estimate of drug-likeness (QED) is 0.195. The van der Waals surface area contributed by atoms with Crippen molar-refractivity contribution in [2.24, 2.45) is 0 Å². The summed E-state index contributed by atoms with van der Waals surface area (Å²) in [5.41, 5.74) is 7.27. The van der Waals surface area contributed by atoms with Crippen molar-refractivity contribution < 1.29 is 25.1 Å². The predicted octanol–water partition coefficient (Wildman–Crippen LogP) is 8.93. The average molecular weight is 617 g/mol. The van der Waals surface area contributed by atoms with E-state index in [-0.39, 0.29) is 7.25 Å². The summed E-state index contributed by atoms with van der Waals surface area (Å²) < 4.78 is 13.4. The minimum absolute atomic E-state index is 0.0314. The fourth-order valence-corrected chi connectivity index (χ4v) is 22.5. The van der Waals surface area contributed by atoms with E-state index in [1.807, 2.05) is 0 Å². The van der Waals surface area contributed by atoms with Crippen molar-refractivity contribution in [1.29, 1.82) is 0 Å². The molecule has 2 aliphatic carbocycles. The molecule has 3 aromatic rings. The van der Waals surface area contributed by atoms with Gasteiger partial charge < -0.3 is 0 Å². The summed E-state index contributed by atoms with van der Waals surface area (Å²) in [5.74, 6) is 0.872. The van der Waals surface area contributed by atoms with E-state index in [4.69, 9.17) is 26.2 Å². The standard InChI is InChI=1S/C14H19O2Si.C13H9.C3H6.2ClH.Zr/c1-17(2,3)16-11-10-15-14-9-8-12-6-4-5-7-13(12)14;1-3-7-12-10(5-1)9-11-6-2-4-8-13(11)12;1-3-2;;;/h4-9H,10-11H2,1-3H3;1-9H;1-2H3;2*1H;/q;;;;;+2/p-2. The van der Waals surface area contributed by atoms with Crippen molar-refractivity contribution >= 4 is 34.3 Å². The minimum atomic E-state index is -4.88. The molecule has 1 unspecified atom stereocenters.